The van der Waals surface area contributed by atoms with E-state index in [9.17, 15) is 42.3 Å². The molecule has 8 rings (SSSR count). The van der Waals surface area contributed by atoms with Crippen LogP contribution in [-0.2, 0) is 33.2 Å². The molecule has 0 bridgehead atoms. The largest absolute Gasteiger partial charge is 1.00 e. The zero-order chi connectivity index (χ0) is 49.1. The first kappa shape index (κ1) is 55.0. The number of likely N-dealkylation sites (tertiary alicyclic amines) is 2. The van der Waals surface area contributed by atoms with E-state index in [-0.39, 0.29) is 87.0 Å². The third-order valence-electron chi connectivity index (χ3n) is 10.0. The number of ether oxygens (including phenoxy) is 2. The van der Waals surface area contributed by atoms with Crippen molar-refractivity contribution in [1.29, 1.82) is 0 Å². The number of rotatable bonds is 5. The maximum Gasteiger partial charge on any atom is 1.00 e. The van der Waals surface area contributed by atoms with Gasteiger partial charge in [0.1, 0.15) is 11.3 Å². The molecular formula is C46H44BClF3KN8O8. The van der Waals surface area contributed by atoms with E-state index in [2.05, 4.69) is 49.7 Å². The number of carbonyl (C=O) groups excluding carboxylic acids is 4. The first-order valence-electron chi connectivity index (χ1n) is 20.5. The molecule has 348 valence electrons. The molecule has 2 amide bonds. The van der Waals surface area contributed by atoms with E-state index >= 15 is 0 Å². The zero-order valence-electron chi connectivity index (χ0n) is 38.2. The van der Waals surface area contributed by atoms with Crippen LogP contribution in [0.4, 0.5) is 12.9 Å². The number of fused-ring (bicyclic) bond motifs is 2. The van der Waals surface area contributed by atoms with Crippen LogP contribution in [0.25, 0.3) is 33.5 Å². The number of aryl methyl sites for hydroxylation is 2. The predicted molar refractivity (Wildman–Crippen MR) is 242 cm³/mol. The summed E-state index contributed by atoms with van der Waals surface area (Å²) in [6, 6.07) is 20.7. The molecule has 0 unspecified atom stereocenters. The minimum Gasteiger partial charge on any atom is -0.461 e. The van der Waals surface area contributed by atoms with Crippen molar-refractivity contribution in [2.24, 2.45) is 14.1 Å². The van der Waals surface area contributed by atoms with E-state index in [0.29, 0.717) is 65.1 Å². The average Bonchev–Trinajstić information content (AvgIpc) is 4.03. The number of hydrogen-bond donors (Lipinski definition) is 2. The van der Waals surface area contributed by atoms with Crippen LogP contribution in [0.3, 0.4) is 0 Å². The van der Waals surface area contributed by atoms with Crippen LogP contribution in [0.1, 0.15) is 58.8 Å². The van der Waals surface area contributed by atoms with Gasteiger partial charge in [0.25, 0.3) is 11.8 Å². The number of benzene rings is 2. The van der Waals surface area contributed by atoms with Crippen LogP contribution in [0.5, 0.6) is 0 Å². The Bertz CT molecular complexity index is 2920. The molecule has 16 nitrogen and oxygen atoms in total. The third kappa shape index (κ3) is 13.8. The number of halogens is 4. The fourth-order valence-corrected chi connectivity index (χ4v) is 6.75. The minimum absolute atomic E-state index is 0. The summed E-state index contributed by atoms with van der Waals surface area (Å²) in [5.41, 5.74) is 0.458. The van der Waals surface area contributed by atoms with Crippen molar-refractivity contribution in [3.63, 3.8) is 0 Å². The molecule has 22 heteroatoms. The van der Waals surface area contributed by atoms with Gasteiger partial charge >= 0.3 is 70.9 Å². The van der Waals surface area contributed by atoms with Gasteiger partial charge in [0, 0.05) is 77.6 Å². The number of aliphatic hydroxyl groups is 2. The van der Waals surface area contributed by atoms with Crippen LogP contribution in [0.2, 0.25) is 5.28 Å². The van der Waals surface area contributed by atoms with Crippen molar-refractivity contribution in [2.45, 2.75) is 37.9 Å². The molecule has 2 aliphatic rings. The van der Waals surface area contributed by atoms with Crippen LogP contribution < -0.4 is 51.4 Å². The topological polar surface area (TPSA) is 195 Å². The smallest absolute Gasteiger partial charge is 0.461 e. The predicted octanol–water partition coefficient (Wildman–Crippen LogP) is 1.87. The SMILES string of the molecule is CCOC(=O)c1nc(-c2cccc(C#C[C@]3(O)CCN(C)C3=O)c2)nc2c1ccn2C.CCOC(=O)c1nc(Cl)nc2c1ccn2C.CN1CC[C@@](O)(C#Cc2c[c-]ccc2)C1=O.FB(F)F.[K+]. The van der Waals surface area contributed by atoms with Crippen molar-refractivity contribution in [3.05, 3.63) is 107 Å². The fraction of sp³-hybridized carbons (Fsp3) is 0.304. The molecule has 4 aromatic heterocycles. The monoisotopic (exact) mass is 978 g/mol. The molecule has 2 fully saturated rings. The van der Waals surface area contributed by atoms with Gasteiger partial charge in [-0.2, -0.15) is 35.3 Å². The first-order valence-corrected chi connectivity index (χ1v) is 20.8. The summed E-state index contributed by atoms with van der Waals surface area (Å²) in [4.78, 5) is 67.8. The summed E-state index contributed by atoms with van der Waals surface area (Å²) >= 11 is 5.75. The van der Waals surface area contributed by atoms with Crippen molar-refractivity contribution in [3.8, 4) is 35.1 Å². The zero-order valence-corrected chi connectivity index (χ0v) is 42.1. The van der Waals surface area contributed by atoms with E-state index in [1.54, 1.807) is 81.2 Å². The van der Waals surface area contributed by atoms with E-state index in [0.717, 1.165) is 5.56 Å². The Morgan fingerprint density at radius 2 is 1.25 bits per heavy atom. The van der Waals surface area contributed by atoms with Gasteiger partial charge in [-0.05, 0) is 49.7 Å². The second-order valence-corrected chi connectivity index (χ2v) is 15.1. The number of hydrogen-bond acceptors (Lipinski definition) is 12. The van der Waals surface area contributed by atoms with Gasteiger partial charge in [0.15, 0.2) is 17.2 Å². The molecule has 2 aliphatic heterocycles. The maximum absolute atomic E-state index is 12.5. The second kappa shape index (κ2) is 24.6. The Kier molecular flexibility index (Phi) is 19.9. The van der Waals surface area contributed by atoms with Crippen molar-refractivity contribution in [2.75, 3.05) is 40.4 Å². The summed E-state index contributed by atoms with van der Waals surface area (Å²) in [6.45, 7) is 5.04. The number of likely N-dealkylation sites (N-methyl/N-ethyl adjacent to an activating group) is 2. The summed E-state index contributed by atoms with van der Waals surface area (Å²) < 4.78 is 42.6. The molecular weight excluding hydrogens is 935 g/mol. The number of amides is 2. The van der Waals surface area contributed by atoms with E-state index in [4.69, 9.17) is 21.1 Å². The quantitative estimate of drug-likeness (QED) is 0.0839. The molecule has 6 aromatic rings. The van der Waals surface area contributed by atoms with Crippen LogP contribution in [0, 0.1) is 29.7 Å². The Hall–Kier alpha value is -5.62. The van der Waals surface area contributed by atoms with Crippen molar-refractivity contribution >= 4 is 65.0 Å². The van der Waals surface area contributed by atoms with Crippen molar-refractivity contribution in [1.82, 2.24) is 38.9 Å². The van der Waals surface area contributed by atoms with E-state index in [1.165, 1.54) is 9.80 Å². The Morgan fingerprint density at radius 1 is 0.765 bits per heavy atom. The molecule has 2 aromatic carbocycles. The molecule has 6 heterocycles. The molecule has 0 aliphatic carbocycles. The number of nitrogens with zero attached hydrogens (tertiary/aromatic N) is 8. The maximum atomic E-state index is 12.5. The van der Waals surface area contributed by atoms with Gasteiger partial charge in [0.05, 0.1) is 24.0 Å². The standard InChI is InChI=1S/C23H22N4O4.C13H12NO2.C10H10ClN3O2.BF3.K/c1-4-31-21(28)18-17-9-12-26(2)20(17)25-19(24-18)16-7-5-6-15(14-16)8-10-23(30)11-13-27(3)22(23)29;1-14-10-9-13(16,12(14)15)8-7-11-5-3-2-4-6-11;1-3-16-9(15)7-6-4-5-14(2)8(6)13-10(11)12-7;2-1(3)4;/h5-7,9,12,14,30H,4,11,13H2,1-3H3;2-3,5-6,16H,9-10H2,1H3;4-5H,3H2,1-2H3;;/q;-1;;;+1/t23-;13-;;;/m00.../s1. The summed E-state index contributed by atoms with van der Waals surface area (Å²) in [5, 5.41) is 21.8. The summed E-state index contributed by atoms with van der Waals surface area (Å²) in [7, 11) is 3.30. The van der Waals surface area contributed by atoms with E-state index < -0.39 is 36.6 Å². The molecule has 0 spiro atoms. The van der Waals surface area contributed by atoms with Gasteiger partial charge in [-0.25, -0.2) is 24.5 Å². The van der Waals surface area contributed by atoms with E-state index in [1.807, 2.05) is 43.1 Å². The number of aromatic nitrogens is 6. The van der Waals surface area contributed by atoms with Gasteiger partial charge in [-0.1, -0.05) is 35.5 Å². The summed E-state index contributed by atoms with van der Waals surface area (Å²) in [6.07, 6.45) is 4.24. The minimum atomic E-state index is -3.67. The Morgan fingerprint density at radius 3 is 1.72 bits per heavy atom. The Labute approximate surface area is 437 Å². The van der Waals surface area contributed by atoms with Crippen molar-refractivity contribution < 1.29 is 103 Å². The van der Waals surface area contributed by atoms with Gasteiger partial charge < -0.3 is 38.6 Å². The normalized spacial score (nSPS) is 16.9. The molecule has 2 atom stereocenters. The van der Waals surface area contributed by atoms with Crippen LogP contribution >= 0.6 is 11.6 Å². The molecule has 0 saturated carbocycles. The Balaban J connectivity index is 0.000000230. The molecule has 68 heavy (non-hydrogen) atoms. The van der Waals surface area contributed by atoms with Gasteiger partial charge in [-0.15, -0.1) is 5.92 Å². The number of esters is 2. The number of carbonyl (C=O) groups is 4. The molecule has 2 N–H and O–H groups in total. The molecule has 2 saturated heterocycles. The summed E-state index contributed by atoms with van der Waals surface area (Å²) in [5.74, 6) is 9.70. The molecule has 0 radical (unpaired) electrons. The van der Waals surface area contributed by atoms with Crippen LogP contribution in [0.15, 0.2) is 73.1 Å². The first-order chi connectivity index (χ1) is 31.8. The van der Waals surface area contributed by atoms with Gasteiger partial charge in [-0.3, -0.25) is 22.5 Å². The second-order valence-electron chi connectivity index (χ2n) is 14.8. The van der Waals surface area contributed by atoms with Crippen LogP contribution in [-0.4, -0.2) is 132 Å². The third-order valence-corrected chi connectivity index (χ3v) is 10.2. The fourth-order valence-electron chi connectivity index (χ4n) is 6.58. The van der Waals surface area contributed by atoms with Gasteiger partial charge in [0.2, 0.25) is 16.5 Å². The average molecular weight is 979 g/mol.